The van der Waals surface area contributed by atoms with E-state index in [0.717, 1.165) is 23.2 Å². The van der Waals surface area contributed by atoms with Gasteiger partial charge in [-0.05, 0) is 17.2 Å². The van der Waals surface area contributed by atoms with Crippen LogP contribution in [-0.2, 0) is 9.53 Å². The molecule has 2 N–H and O–H groups in total. The van der Waals surface area contributed by atoms with E-state index in [4.69, 9.17) is 16.3 Å². The number of hydrogen-bond acceptors (Lipinski definition) is 6. The molecule has 2 heterocycles. The molecule has 0 aromatic carbocycles. The lowest BCUT2D eigenvalue weighted by atomic mass is 9.84. The van der Waals surface area contributed by atoms with Crippen molar-refractivity contribution >= 4 is 35.0 Å². The molecule has 110 valence electrons. The molecule has 0 bridgehead atoms. The van der Waals surface area contributed by atoms with Gasteiger partial charge in [0.2, 0.25) is 5.28 Å². The van der Waals surface area contributed by atoms with Crippen molar-refractivity contribution in [1.82, 2.24) is 9.97 Å². The van der Waals surface area contributed by atoms with Gasteiger partial charge in [-0.1, -0.05) is 13.0 Å². The van der Waals surface area contributed by atoms with Crippen LogP contribution in [0.1, 0.15) is 19.0 Å². The molecule has 0 saturated heterocycles. The number of rotatable bonds is 3. The third-order valence-electron chi connectivity index (χ3n) is 3.81. The third-order valence-corrected chi connectivity index (χ3v) is 3.98. The Morgan fingerprint density at radius 1 is 1.43 bits per heavy atom. The number of carbonyl (C=O) groups is 1. The second-order valence-corrected chi connectivity index (χ2v) is 5.22. The molecule has 21 heavy (non-hydrogen) atoms. The fourth-order valence-electron chi connectivity index (χ4n) is 2.73. The number of aromatic nitrogens is 2. The lowest BCUT2D eigenvalue weighted by Gasteiger charge is -2.24. The highest BCUT2D eigenvalue weighted by Crippen LogP contribution is 2.40. The number of aldehydes is 1. The predicted molar refractivity (Wildman–Crippen MR) is 81.0 cm³/mol. The number of anilines is 2. The van der Waals surface area contributed by atoms with Crippen molar-refractivity contribution in [3.8, 4) is 0 Å². The molecule has 0 radical (unpaired) electrons. The number of carbonyl (C=O) groups excluding carboxylic acids is 1. The molecule has 1 aliphatic heterocycles. The van der Waals surface area contributed by atoms with E-state index < -0.39 is 0 Å². The second kappa shape index (κ2) is 5.37. The van der Waals surface area contributed by atoms with Crippen LogP contribution >= 0.6 is 11.6 Å². The van der Waals surface area contributed by atoms with Gasteiger partial charge in [-0.15, -0.1) is 0 Å². The van der Waals surface area contributed by atoms with Crippen LogP contribution in [0.2, 0.25) is 5.28 Å². The van der Waals surface area contributed by atoms with E-state index in [9.17, 15) is 4.79 Å². The van der Waals surface area contributed by atoms with Crippen LogP contribution in [0.15, 0.2) is 17.4 Å². The number of ether oxygens (including phenoxy) is 1. The van der Waals surface area contributed by atoms with Gasteiger partial charge in [0.15, 0.2) is 5.82 Å². The summed E-state index contributed by atoms with van der Waals surface area (Å²) in [5.41, 5.74) is 3.15. The average Bonchev–Trinajstić information content (AvgIpc) is 2.94. The summed E-state index contributed by atoms with van der Waals surface area (Å²) >= 11 is 6.00. The molecule has 1 unspecified atom stereocenters. The van der Waals surface area contributed by atoms with Crippen molar-refractivity contribution < 1.29 is 9.53 Å². The Labute approximate surface area is 127 Å². The summed E-state index contributed by atoms with van der Waals surface area (Å²) in [6, 6.07) is 0. The van der Waals surface area contributed by atoms with Crippen molar-refractivity contribution in [3.05, 3.63) is 28.4 Å². The maximum absolute atomic E-state index is 11.4. The van der Waals surface area contributed by atoms with Crippen molar-refractivity contribution in [1.29, 1.82) is 0 Å². The van der Waals surface area contributed by atoms with Crippen LogP contribution < -0.4 is 10.6 Å². The Kier molecular flexibility index (Phi) is 3.55. The van der Waals surface area contributed by atoms with Gasteiger partial charge in [-0.2, -0.15) is 4.98 Å². The predicted octanol–water partition coefficient (Wildman–Crippen LogP) is 2.45. The van der Waals surface area contributed by atoms with Gasteiger partial charge in [-0.25, -0.2) is 4.98 Å². The molecule has 7 heteroatoms. The average molecular weight is 307 g/mol. The minimum absolute atomic E-state index is 0.108. The fraction of sp³-hybridized carbons (Fsp3) is 0.357. The summed E-state index contributed by atoms with van der Waals surface area (Å²) in [5, 5.41) is 6.48. The highest BCUT2D eigenvalue weighted by molar-refractivity contribution is 6.28. The lowest BCUT2D eigenvalue weighted by Crippen LogP contribution is -2.14. The quantitative estimate of drug-likeness (QED) is 0.660. The zero-order valence-corrected chi connectivity index (χ0v) is 12.5. The van der Waals surface area contributed by atoms with Gasteiger partial charge in [0, 0.05) is 17.9 Å². The Balaban J connectivity index is 2.07. The Morgan fingerprint density at radius 3 is 2.95 bits per heavy atom. The van der Waals surface area contributed by atoms with E-state index in [1.807, 2.05) is 13.0 Å². The standard InChI is InChI=1S/C14H15ClN4O2/c1-7-8(3-4-10(21-2)9(7)5-20)11-12-13(17-6-16-12)19-14(15)18-11/h3,5,7,16H,4,6H2,1-2H3,(H,17,18,19). The highest BCUT2D eigenvalue weighted by atomic mass is 35.5. The van der Waals surface area contributed by atoms with Crippen LogP contribution in [0.4, 0.5) is 11.5 Å². The molecule has 2 aliphatic rings. The number of hydrogen-bond donors (Lipinski definition) is 2. The number of halogens is 1. The molecule has 0 saturated carbocycles. The smallest absolute Gasteiger partial charge is 0.225 e. The minimum Gasteiger partial charge on any atom is -0.500 e. The van der Waals surface area contributed by atoms with Crippen molar-refractivity contribution in [3.63, 3.8) is 0 Å². The topological polar surface area (TPSA) is 76.1 Å². The largest absolute Gasteiger partial charge is 0.500 e. The van der Waals surface area contributed by atoms with E-state index in [0.29, 0.717) is 30.2 Å². The second-order valence-electron chi connectivity index (χ2n) is 4.88. The van der Waals surface area contributed by atoms with Crippen molar-refractivity contribution in [2.75, 3.05) is 24.4 Å². The first kappa shape index (κ1) is 13.9. The van der Waals surface area contributed by atoms with E-state index in [1.54, 1.807) is 7.11 Å². The molecule has 1 aromatic heterocycles. The summed E-state index contributed by atoms with van der Waals surface area (Å²) in [5.74, 6) is 1.28. The molecule has 6 nitrogen and oxygen atoms in total. The number of methoxy groups -OCH3 is 1. The number of fused-ring (bicyclic) bond motifs is 1. The van der Waals surface area contributed by atoms with E-state index in [1.165, 1.54) is 0 Å². The Hall–Kier alpha value is -2.08. The molecular formula is C14H15ClN4O2. The van der Waals surface area contributed by atoms with Gasteiger partial charge in [0.25, 0.3) is 0 Å². The van der Waals surface area contributed by atoms with Crippen LogP contribution in [0.3, 0.4) is 0 Å². The molecule has 0 amide bonds. The minimum atomic E-state index is -0.108. The van der Waals surface area contributed by atoms with Gasteiger partial charge in [0.1, 0.15) is 17.7 Å². The zero-order valence-electron chi connectivity index (χ0n) is 11.7. The number of allylic oxidation sites excluding steroid dienone is 3. The van der Waals surface area contributed by atoms with E-state index in [2.05, 4.69) is 20.6 Å². The summed E-state index contributed by atoms with van der Waals surface area (Å²) in [7, 11) is 1.58. The Bertz CT molecular complexity index is 669. The molecule has 3 rings (SSSR count). The summed E-state index contributed by atoms with van der Waals surface area (Å²) in [6.07, 6.45) is 3.44. The lowest BCUT2D eigenvalue weighted by molar-refractivity contribution is -0.105. The molecule has 0 spiro atoms. The van der Waals surface area contributed by atoms with Gasteiger partial charge < -0.3 is 15.4 Å². The number of nitrogens with zero attached hydrogens (tertiary/aromatic N) is 2. The normalized spacial score (nSPS) is 20.3. The fourth-order valence-corrected chi connectivity index (χ4v) is 2.90. The van der Waals surface area contributed by atoms with Crippen LogP contribution in [-0.4, -0.2) is 30.0 Å². The van der Waals surface area contributed by atoms with Crippen molar-refractivity contribution in [2.24, 2.45) is 5.92 Å². The summed E-state index contributed by atoms with van der Waals surface area (Å²) < 4.78 is 5.28. The third kappa shape index (κ3) is 2.25. The first-order chi connectivity index (χ1) is 10.2. The SMILES string of the molecule is COC1=C(C=O)C(C)C(c2nc(Cl)nc3c2NCN3)=CC1. The van der Waals surface area contributed by atoms with Crippen LogP contribution in [0.5, 0.6) is 0 Å². The summed E-state index contributed by atoms with van der Waals surface area (Å²) in [4.78, 5) is 19.9. The summed E-state index contributed by atoms with van der Waals surface area (Å²) in [6.45, 7) is 2.54. The maximum Gasteiger partial charge on any atom is 0.225 e. The van der Waals surface area contributed by atoms with Crippen LogP contribution in [0, 0.1) is 5.92 Å². The van der Waals surface area contributed by atoms with Crippen molar-refractivity contribution in [2.45, 2.75) is 13.3 Å². The molecule has 1 aliphatic carbocycles. The highest BCUT2D eigenvalue weighted by Gasteiger charge is 2.29. The van der Waals surface area contributed by atoms with Gasteiger partial charge in [0.05, 0.1) is 19.5 Å². The maximum atomic E-state index is 11.4. The van der Waals surface area contributed by atoms with E-state index >= 15 is 0 Å². The van der Waals surface area contributed by atoms with E-state index in [-0.39, 0.29) is 11.2 Å². The van der Waals surface area contributed by atoms with Crippen LogP contribution in [0.25, 0.3) is 5.57 Å². The molecule has 1 aromatic rings. The molecular weight excluding hydrogens is 292 g/mol. The first-order valence-corrected chi connectivity index (χ1v) is 7.01. The number of nitrogens with one attached hydrogen (secondary N) is 2. The Morgan fingerprint density at radius 2 is 2.24 bits per heavy atom. The van der Waals surface area contributed by atoms with Gasteiger partial charge >= 0.3 is 0 Å². The molecule has 0 fully saturated rings. The zero-order chi connectivity index (χ0) is 15.0. The monoisotopic (exact) mass is 306 g/mol. The molecule has 1 atom stereocenters. The van der Waals surface area contributed by atoms with Gasteiger partial charge in [-0.3, -0.25) is 4.79 Å². The first-order valence-electron chi connectivity index (χ1n) is 6.63.